The molecule has 1 aromatic carbocycles. The minimum absolute atomic E-state index is 0.0241. The highest BCUT2D eigenvalue weighted by atomic mass is 32.2. The summed E-state index contributed by atoms with van der Waals surface area (Å²) in [5, 5.41) is 2.21. The monoisotopic (exact) mass is 283 g/mol. The van der Waals surface area contributed by atoms with Crippen molar-refractivity contribution >= 4 is 39.1 Å². The molecule has 0 fully saturated rings. The largest absolute Gasteiger partial charge is 0.463 e. The molecule has 1 aliphatic heterocycles. The van der Waals surface area contributed by atoms with Crippen molar-refractivity contribution in [2.45, 2.75) is 4.90 Å². The number of isothiocyanates is 1. The van der Waals surface area contributed by atoms with Gasteiger partial charge in [0.05, 0.1) is 22.3 Å². The van der Waals surface area contributed by atoms with E-state index in [1.165, 1.54) is 24.3 Å². The second kappa shape index (κ2) is 5.26. The Hall–Kier alpha value is -1.76. The van der Waals surface area contributed by atoms with E-state index in [1.807, 2.05) is 0 Å². The van der Waals surface area contributed by atoms with Crippen molar-refractivity contribution in [2.24, 2.45) is 9.98 Å². The van der Waals surface area contributed by atoms with Crippen LogP contribution in [0.15, 0.2) is 39.1 Å². The van der Waals surface area contributed by atoms with E-state index in [2.05, 4.69) is 32.1 Å². The molecule has 0 spiro atoms. The molecule has 0 saturated heterocycles. The predicted octanol–water partition coefficient (Wildman–Crippen LogP) is 1.09. The van der Waals surface area contributed by atoms with Crippen molar-refractivity contribution in [3.05, 3.63) is 24.3 Å². The molecule has 1 aromatic rings. The van der Waals surface area contributed by atoms with Crippen molar-refractivity contribution in [2.75, 3.05) is 13.2 Å². The van der Waals surface area contributed by atoms with E-state index in [0.29, 0.717) is 18.8 Å². The second-order valence-corrected chi connectivity index (χ2v) is 5.20. The Morgan fingerprint density at radius 3 is 2.67 bits per heavy atom. The van der Waals surface area contributed by atoms with E-state index in [4.69, 9.17) is 4.74 Å². The number of hydrogen-bond donors (Lipinski definition) is 1. The SMILES string of the molecule is O=S(=O)(NC1=NCCO1)c1ccc(N=C=S)cc1. The van der Waals surface area contributed by atoms with Gasteiger partial charge in [-0.05, 0) is 36.5 Å². The van der Waals surface area contributed by atoms with E-state index in [1.54, 1.807) is 0 Å². The highest BCUT2D eigenvalue weighted by molar-refractivity contribution is 7.90. The maximum Gasteiger partial charge on any atom is 0.299 e. The molecule has 0 radical (unpaired) electrons. The molecule has 0 saturated carbocycles. The van der Waals surface area contributed by atoms with Gasteiger partial charge in [-0.2, -0.15) is 4.99 Å². The highest BCUT2D eigenvalue weighted by Crippen LogP contribution is 2.16. The van der Waals surface area contributed by atoms with Gasteiger partial charge in [0.2, 0.25) is 0 Å². The third-order valence-electron chi connectivity index (χ3n) is 2.13. The fraction of sp³-hybridized carbons (Fsp3) is 0.200. The Kier molecular flexibility index (Phi) is 3.71. The van der Waals surface area contributed by atoms with Crippen LogP contribution in [-0.2, 0) is 14.8 Å². The lowest BCUT2D eigenvalue weighted by Crippen LogP contribution is -2.30. The van der Waals surface area contributed by atoms with Crippen LogP contribution in [0.4, 0.5) is 5.69 Å². The summed E-state index contributed by atoms with van der Waals surface area (Å²) in [6.07, 6.45) is 0. The molecule has 18 heavy (non-hydrogen) atoms. The van der Waals surface area contributed by atoms with Crippen LogP contribution in [0.25, 0.3) is 0 Å². The molecule has 0 bridgehead atoms. The standard InChI is InChI=1S/C10H9N3O3S2/c14-18(15,13-10-11-5-6-16-10)9-3-1-8(2-4-9)12-7-17/h1-4H,5-6H2,(H,11,13). The fourth-order valence-electron chi connectivity index (χ4n) is 1.32. The Balaban J connectivity index is 2.21. The first-order chi connectivity index (χ1) is 8.62. The van der Waals surface area contributed by atoms with Gasteiger partial charge in [-0.3, -0.25) is 0 Å². The average molecular weight is 283 g/mol. The molecule has 0 amide bonds. The van der Waals surface area contributed by atoms with Crippen LogP contribution in [0.2, 0.25) is 0 Å². The number of ether oxygens (including phenoxy) is 1. The van der Waals surface area contributed by atoms with Crippen LogP contribution in [-0.4, -0.2) is 32.8 Å². The number of benzene rings is 1. The summed E-state index contributed by atoms with van der Waals surface area (Å²) in [4.78, 5) is 7.69. The number of amidine groups is 1. The molecule has 0 unspecified atom stereocenters. The third-order valence-corrected chi connectivity index (χ3v) is 3.56. The van der Waals surface area contributed by atoms with Crippen LogP contribution in [0.5, 0.6) is 0 Å². The third kappa shape index (κ3) is 2.92. The summed E-state index contributed by atoms with van der Waals surface area (Å²) in [5.74, 6) is 0. The van der Waals surface area contributed by atoms with Gasteiger partial charge < -0.3 is 4.74 Å². The molecule has 0 aliphatic carbocycles. The first kappa shape index (κ1) is 12.7. The lowest BCUT2D eigenvalue weighted by molar-refractivity contribution is 0.338. The van der Waals surface area contributed by atoms with E-state index in [0.717, 1.165) is 0 Å². The van der Waals surface area contributed by atoms with Crippen molar-refractivity contribution < 1.29 is 13.2 Å². The number of nitrogens with one attached hydrogen (secondary N) is 1. The van der Waals surface area contributed by atoms with E-state index >= 15 is 0 Å². The van der Waals surface area contributed by atoms with E-state index in [-0.39, 0.29) is 10.9 Å². The molecule has 0 aromatic heterocycles. The van der Waals surface area contributed by atoms with Crippen molar-refractivity contribution in [3.63, 3.8) is 0 Å². The van der Waals surface area contributed by atoms with E-state index < -0.39 is 10.0 Å². The molecule has 8 heteroatoms. The van der Waals surface area contributed by atoms with Gasteiger partial charge in [-0.1, -0.05) is 0 Å². The Morgan fingerprint density at radius 1 is 1.39 bits per heavy atom. The van der Waals surface area contributed by atoms with Crippen LogP contribution in [0.1, 0.15) is 0 Å². The number of thiocarbonyl (C=S) groups is 1. The van der Waals surface area contributed by atoms with Crippen LogP contribution < -0.4 is 4.72 Å². The zero-order valence-corrected chi connectivity index (χ0v) is 10.8. The second-order valence-electron chi connectivity index (χ2n) is 3.34. The summed E-state index contributed by atoms with van der Waals surface area (Å²) in [6, 6.07) is 5.93. The lowest BCUT2D eigenvalue weighted by Gasteiger charge is -2.07. The van der Waals surface area contributed by atoms with Gasteiger partial charge in [0, 0.05) is 0 Å². The minimum Gasteiger partial charge on any atom is -0.463 e. The molecular formula is C10H9N3O3S2. The lowest BCUT2D eigenvalue weighted by atomic mass is 10.3. The number of hydrogen-bond acceptors (Lipinski definition) is 6. The summed E-state index contributed by atoms with van der Waals surface area (Å²) in [7, 11) is -3.67. The number of aliphatic imine (C=N–C) groups is 2. The van der Waals surface area contributed by atoms with Gasteiger partial charge in [-0.15, -0.1) is 0 Å². The summed E-state index contributed by atoms with van der Waals surface area (Å²) >= 11 is 4.46. The fourth-order valence-corrected chi connectivity index (χ4v) is 2.39. The molecule has 1 aliphatic rings. The molecule has 6 nitrogen and oxygen atoms in total. The topological polar surface area (TPSA) is 80.1 Å². The number of nitrogens with zero attached hydrogens (tertiary/aromatic N) is 2. The zero-order valence-electron chi connectivity index (χ0n) is 9.16. The first-order valence-corrected chi connectivity index (χ1v) is 6.89. The minimum atomic E-state index is -3.67. The van der Waals surface area contributed by atoms with Crippen LogP contribution in [0, 0.1) is 0 Å². The Morgan fingerprint density at radius 2 is 2.11 bits per heavy atom. The quantitative estimate of drug-likeness (QED) is 0.665. The van der Waals surface area contributed by atoms with Gasteiger partial charge in [-0.25, -0.2) is 18.1 Å². The van der Waals surface area contributed by atoms with E-state index in [9.17, 15) is 8.42 Å². The van der Waals surface area contributed by atoms with Gasteiger partial charge in [0.1, 0.15) is 6.61 Å². The van der Waals surface area contributed by atoms with Gasteiger partial charge >= 0.3 is 0 Å². The van der Waals surface area contributed by atoms with Crippen molar-refractivity contribution in [1.82, 2.24) is 4.72 Å². The van der Waals surface area contributed by atoms with Crippen LogP contribution in [0.3, 0.4) is 0 Å². The Bertz CT molecular complexity index is 616. The predicted molar refractivity (Wildman–Crippen MR) is 69.7 cm³/mol. The smallest absolute Gasteiger partial charge is 0.299 e. The summed E-state index contributed by atoms with van der Waals surface area (Å²) in [6.45, 7) is 0.848. The van der Waals surface area contributed by atoms with Crippen molar-refractivity contribution in [3.8, 4) is 0 Å². The highest BCUT2D eigenvalue weighted by Gasteiger charge is 2.18. The van der Waals surface area contributed by atoms with Crippen molar-refractivity contribution in [1.29, 1.82) is 0 Å². The maximum absolute atomic E-state index is 11.9. The zero-order chi connectivity index (χ0) is 13.0. The first-order valence-electron chi connectivity index (χ1n) is 5.00. The molecule has 94 valence electrons. The maximum atomic E-state index is 11.9. The molecule has 1 heterocycles. The average Bonchev–Trinajstić information content (AvgIpc) is 2.82. The van der Waals surface area contributed by atoms with Gasteiger partial charge in [0.15, 0.2) is 0 Å². The summed E-state index contributed by atoms with van der Waals surface area (Å²) < 4.78 is 31.1. The molecule has 1 N–H and O–H groups in total. The normalized spacial score (nSPS) is 14.3. The molecular weight excluding hydrogens is 274 g/mol. The Labute approximate surface area is 109 Å². The van der Waals surface area contributed by atoms with Gasteiger partial charge in [0.25, 0.3) is 16.0 Å². The summed E-state index contributed by atoms with van der Waals surface area (Å²) in [5.41, 5.74) is 0.540. The number of rotatable bonds is 3. The molecule has 0 atom stereocenters. The van der Waals surface area contributed by atoms with Crippen LogP contribution >= 0.6 is 12.2 Å². The molecule has 2 rings (SSSR count). The number of sulfonamides is 1.